The number of ether oxygens (including phenoxy) is 2. The summed E-state index contributed by atoms with van der Waals surface area (Å²) in [6.45, 7) is 7.73. The van der Waals surface area contributed by atoms with Gasteiger partial charge in [-0.3, -0.25) is 33.0 Å². The maximum absolute atomic E-state index is 13.6. The van der Waals surface area contributed by atoms with Crippen LogP contribution in [0.15, 0.2) is 21.9 Å². The third-order valence-electron chi connectivity index (χ3n) is 5.85. The van der Waals surface area contributed by atoms with Crippen molar-refractivity contribution in [2.75, 3.05) is 25.6 Å². The van der Waals surface area contributed by atoms with Crippen molar-refractivity contribution in [3.05, 3.63) is 33.1 Å². The normalized spacial score (nSPS) is 25.5. The highest BCUT2D eigenvalue weighted by Gasteiger charge is 2.54. The minimum absolute atomic E-state index is 0.0383. The number of hydrogen-bond donors (Lipinski definition) is 5. The van der Waals surface area contributed by atoms with Crippen molar-refractivity contribution in [1.29, 1.82) is 0 Å². The molecule has 228 valence electrons. The van der Waals surface area contributed by atoms with E-state index in [0.29, 0.717) is 0 Å². The fraction of sp³-hybridized carbons (Fsp3) is 0.739. The van der Waals surface area contributed by atoms with Crippen LogP contribution in [0.1, 0.15) is 47.8 Å². The second-order valence-electron chi connectivity index (χ2n) is 10.4. The van der Waals surface area contributed by atoms with Crippen LogP contribution < -0.4 is 16.3 Å². The highest BCUT2D eigenvalue weighted by atomic mass is 32.2. The van der Waals surface area contributed by atoms with Gasteiger partial charge in [0.05, 0.1) is 31.3 Å². The zero-order valence-electron chi connectivity index (χ0n) is 23.2. The standard InChI is InChI=1S/C23H38N3O12PS/c1-13(2)37-18(30)14(3)25-39(34,35-9-10-40-20(31)22(4,5)12-27)36-11-15-17(29)23(6,33)19(38-15)26-8-7-16(28)24-21(26)32/h7-8,13-15,17,19,27,29,33H,9-12H2,1-6H3,(H,25,34)(H,24,28,32)/t14-,15+,17+,19+,23+,39?/m0/s1. The summed E-state index contributed by atoms with van der Waals surface area (Å²) >= 11 is 0.851. The van der Waals surface area contributed by atoms with Crippen LogP contribution in [0, 0.1) is 5.41 Å². The second-order valence-corrected chi connectivity index (χ2v) is 13.2. The van der Waals surface area contributed by atoms with E-state index in [4.69, 9.17) is 18.5 Å². The van der Waals surface area contributed by atoms with Gasteiger partial charge >= 0.3 is 19.4 Å². The Morgan fingerprint density at radius 2 is 1.95 bits per heavy atom. The Balaban J connectivity index is 2.16. The van der Waals surface area contributed by atoms with Gasteiger partial charge in [-0.1, -0.05) is 11.8 Å². The Kier molecular flexibility index (Phi) is 11.9. The van der Waals surface area contributed by atoms with Crippen molar-refractivity contribution in [1.82, 2.24) is 14.6 Å². The predicted octanol–water partition coefficient (Wildman–Crippen LogP) is -0.105. The minimum Gasteiger partial charge on any atom is -0.462 e. The number of esters is 1. The molecule has 0 spiro atoms. The number of H-pyrrole nitrogens is 1. The van der Waals surface area contributed by atoms with Gasteiger partial charge in [0.2, 0.25) is 0 Å². The molecule has 0 radical (unpaired) electrons. The second kappa shape index (κ2) is 13.9. The van der Waals surface area contributed by atoms with E-state index < -0.39 is 73.2 Å². The lowest BCUT2D eigenvalue weighted by Gasteiger charge is -2.27. The molecule has 17 heteroatoms. The number of aromatic nitrogens is 2. The van der Waals surface area contributed by atoms with Gasteiger partial charge in [0.1, 0.15) is 23.9 Å². The number of thioether (sulfide) groups is 1. The van der Waals surface area contributed by atoms with Crippen LogP contribution in [0.25, 0.3) is 0 Å². The fourth-order valence-corrected chi connectivity index (χ4v) is 5.86. The lowest BCUT2D eigenvalue weighted by atomic mass is 9.96. The van der Waals surface area contributed by atoms with Gasteiger partial charge in [0, 0.05) is 18.0 Å². The molecule has 2 rings (SSSR count). The summed E-state index contributed by atoms with van der Waals surface area (Å²) in [5.41, 5.74) is -4.58. The van der Waals surface area contributed by atoms with Crippen molar-refractivity contribution in [2.45, 2.75) is 77.7 Å². The largest absolute Gasteiger partial charge is 0.462 e. The number of aliphatic hydroxyl groups excluding tert-OH is 2. The quantitative estimate of drug-likeness (QED) is 0.105. The Morgan fingerprint density at radius 3 is 2.52 bits per heavy atom. The van der Waals surface area contributed by atoms with Gasteiger partial charge in [-0.25, -0.2) is 14.4 Å². The van der Waals surface area contributed by atoms with Crippen molar-refractivity contribution in [2.24, 2.45) is 5.41 Å². The smallest absolute Gasteiger partial charge is 0.406 e. The van der Waals surface area contributed by atoms with Crippen molar-refractivity contribution in [3.8, 4) is 0 Å². The Labute approximate surface area is 235 Å². The molecule has 1 aliphatic heterocycles. The van der Waals surface area contributed by atoms with E-state index in [0.717, 1.165) is 28.6 Å². The number of carbonyl (C=O) groups is 2. The molecule has 1 aromatic rings. The molecule has 0 aromatic carbocycles. The van der Waals surface area contributed by atoms with Crippen molar-refractivity contribution < 1.29 is 48.0 Å². The van der Waals surface area contributed by atoms with Crippen LogP contribution in [0.4, 0.5) is 0 Å². The summed E-state index contributed by atoms with van der Waals surface area (Å²) in [7, 11) is -4.32. The lowest BCUT2D eigenvalue weighted by Crippen LogP contribution is -2.47. The van der Waals surface area contributed by atoms with Crippen LogP contribution >= 0.6 is 19.5 Å². The van der Waals surface area contributed by atoms with Gasteiger partial charge in [-0.15, -0.1) is 0 Å². The molecule has 40 heavy (non-hydrogen) atoms. The first-order chi connectivity index (χ1) is 18.4. The number of nitrogens with zero attached hydrogens (tertiary/aromatic N) is 1. The zero-order chi connectivity index (χ0) is 30.5. The predicted molar refractivity (Wildman–Crippen MR) is 144 cm³/mol. The van der Waals surface area contributed by atoms with E-state index in [1.54, 1.807) is 27.7 Å². The molecule has 0 aliphatic carbocycles. The summed E-state index contributed by atoms with van der Waals surface area (Å²) in [6.07, 6.45) is -3.76. The van der Waals surface area contributed by atoms with E-state index in [1.165, 1.54) is 13.8 Å². The molecule has 15 nitrogen and oxygen atoms in total. The third kappa shape index (κ3) is 8.81. The summed E-state index contributed by atoms with van der Waals surface area (Å²) in [5.74, 6) is -0.703. The first-order valence-corrected chi connectivity index (χ1v) is 15.0. The summed E-state index contributed by atoms with van der Waals surface area (Å²) < 4.78 is 36.1. The van der Waals surface area contributed by atoms with E-state index in [1.807, 2.05) is 4.98 Å². The topological polar surface area (TPSA) is 216 Å². The number of aromatic amines is 1. The molecule has 1 unspecified atom stereocenters. The molecule has 1 aliphatic rings. The SMILES string of the molecule is CC(C)OC(=O)[C@H](C)NP(=O)(OCCSC(=O)C(C)(C)CO)OC[C@H]1O[C@@H](n2ccc(=O)[nH]c2=O)[C@](C)(O)[C@@H]1O. The van der Waals surface area contributed by atoms with Crippen molar-refractivity contribution >= 4 is 30.6 Å². The Morgan fingerprint density at radius 1 is 1.30 bits per heavy atom. The lowest BCUT2D eigenvalue weighted by molar-refractivity contribution is -0.149. The highest BCUT2D eigenvalue weighted by molar-refractivity contribution is 8.13. The molecule has 1 aromatic heterocycles. The van der Waals surface area contributed by atoms with Gasteiger partial charge < -0.3 is 24.8 Å². The minimum atomic E-state index is -4.32. The number of nitrogens with one attached hydrogen (secondary N) is 2. The summed E-state index contributed by atoms with van der Waals surface area (Å²) in [6, 6.07) is -0.119. The average Bonchev–Trinajstić information content (AvgIpc) is 3.08. The molecule has 0 amide bonds. The van der Waals surface area contributed by atoms with Crippen molar-refractivity contribution in [3.63, 3.8) is 0 Å². The molecule has 0 saturated carbocycles. The first-order valence-electron chi connectivity index (χ1n) is 12.5. The fourth-order valence-electron chi connectivity index (χ4n) is 3.45. The number of rotatable bonds is 14. The van der Waals surface area contributed by atoms with E-state index in [9.17, 15) is 39.1 Å². The van der Waals surface area contributed by atoms with Crippen LogP contribution in [0.3, 0.4) is 0 Å². The van der Waals surface area contributed by atoms with Gasteiger partial charge in [-0.05, 0) is 41.5 Å². The van der Waals surface area contributed by atoms with Gasteiger partial charge in [0.25, 0.3) is 5.56 Å². The van der Waals surface area contributed by atoms with E-state index >= 15 is 0 Å². The zero-order valence-corrected chi connectivity index (χ0v) is 24.9. The third-order valence-corrected chi connectivity index (χ3v) is 8.75. The van der Waals surface area contributed by atoms with Crippen LogP contribution in [0.2, 0.25) is 0 Å². The Bertz CT molecular complexity index is 1200. The summed E-state index contributed by atoms with van der Waals surface area (Å²) in [5, 5.41) is 33.1. The molecule has 5 N–H and O–H groups in total. The maximum atomic E-state index is 13.6. The van der Waals surface area contributed by atoms with Crippen LogP contribution in [-0.4, -0.2) is 91.5 Å². The number of carbonyl (C=O) groups excluding carboxylic acids is 2. The number of hydrogen-bond acceptors (Lipinski definition) is 13. The molecular weight excluding hydrogens is 573 g/mol. The molecule has 2 heterocycles. The monoisotopic (exact) mass is 611 g/mol. The molecular formula is C23H38N3O12PS. The van der Waals surface area contributed by atoms with Crippen LogP contribution in [0.5, 0.6) is 0 Å². The van der Waals surface area contributed by atoms with Gasteiger partial charge in [-0.2, -0.15) is 0 Å². The first kappa shape index (κ1) is 34.3. The molecule has 0 bridgehead atoms. The van der Waals surface area contributed by atoms with Crippen LogP contribution in [-0.2, 0) is 32.7 Å². The summed E-state index contributed by atoms with van der Waals surface area (Å²) in [4.78, 5) is 50.2. The van der Waals surface area contributed by atoms with E-state index in [-0.39, 0.29) is 24.1 Å². The molecule has 1 saturated heterocycles. The Hall–Kier alpha value is -1.88. The van der Waals surface area contributed by atoms with E-state index in [2.05, 4.69) is 5.09 Å². The highest BCUT2D eigenvalue weighted by Crippen LogP contribution is 2.46. The maximum Gasteiger partial charge on any atom is 0.406 e. The molecule has 6 atom stereocenters. The molecule has 1 fully saturated rings. The average molecular weight is 612 g/mol. The number of aliphatic hydroxyl groups is 3. The van der Waals surface area contributed by atoms with Gasteiger partial charge in [0.15, 0.2) is 11.3 Å².